The maximum atomic E-state index is 11.1. The van der Waals surface area contributed by atoms with E-state index >= 15 is 0 Å². The van der Waals surface area contributed by atoms with Crippen molar-refractivity contribution in [3.05, 3.63) is 31.9 Å². The monoisotopic (exact) mass is 268 g/mol. The maximum Gasteiger partial charge on any atom is 0.322 e. The van der Waals surface area contributed by atoms with Crippen LogP contribution in [-0.4, -0.2) is 15.9 Å². The molecular weight excluding hydrogens is 252 g/mol. The van der Waals surface area contributed by atoms with Crippen LogP contribution in [0.5, 0.6) is 0 Å². The molecule has 0 aromatic heterocycles. The molecule has 1 rings (SSSR count). The zero-order valence-corrected chi connectivity index (χ0v) is 11.0. The lowest BCUT2D eigenvalue weighted by atomic mass is 10.1. The van der Waals surface area contributed by atoms with Crippen molar-refractivity contribution in [2.24, 2.45) is 0 Å². The normalized spacial score (nSPS) is 11.9. The van der Waals surface area contributed by atoms with Gasteiger partial charge in [-0.2, -0.15) is 0 Å². The van der Waals surface area contributed by atoms with Crippen LogP contribution in [0.3, 0.4) is 0 Å². The molecule has 1 aromatic rings. The first-order valence-electron chi connectivity index (χ1n) is 5.77. The number of nitrogens with zero attached hydrogens (tertiary/aromatic N) is 2. The largest absolute Gasteiger partial charge is 0.393 e. The van der Waals surface area contributed by atoms with Crippen LogP contribution in [0.15, 0.2) is 6.07 Å². The van der Waals surface area contributed by atoms with Gasteiger partial charge in [0, 0.05) is 12.1 Å². The Kier molecular flexibility index (Phi) is 4.26. The molecule has 1 atom stereocenters. The minimum absolute atomic E-state index is 0.0543. The highest BCUT2D eigenvalue weighted by Gasteiger charge is 2.30. The molecule has 0 heterocycles. The first-order chi connectivity index (χ1) is 8.79. The second kappa shape index (κ2) is 5.51. The van der Waals surface area contributed by atoms with Gasteiger partial charge >= 0.3 is 5.69 Å². The minimum atomic E-state index is -0.694. The Morgan fingerprint density at radius 2 is 1.95 bits per heavy atom. The Hall–Kier alpha value is -2.38. The minimum Gasteiger partial charge on any atom is -0.393 e. The fourth-order valence-corrected chi connectivity index (χ4v) is 1.62. The number of rotatable bonds is 5. The number of nitro groups is 2. The molecule has 19 heavy (non-hydrogen) atoms. The molecule has 0 amide bonds. The van der Waals surface area contributed by atoms with Crippen molar-refractivity contribution < 1.29 is 9.85 Å². The van der Waals surface area contributed by atoms with Gasteiger partial charge in [-0.05, 0) is 25.8 Å². The standard InChI is InChI=1S/C11H16N4O4/c1-4-7(3)13-10-8(14(16)17)5-6(2)9(12)11(10)15(18)19/h5,7,13H,4,12H2,1-3H3. The molecule has 0 aliphatic carbocycles. The number of nitrogen functional groups attached to an aromatic ring is 1. The molecule has 8 nitrogen and oxygen atoms in total. The van der Waals surface area contributed by atoms with Gasteiger partial charge in [0.15, 0.2) is 5.69 Å². The molecule has 104 valence electrons. The molecule has 1 aromatic carbocycles. The maximum absolute atomic E-state index is 11.1. The van der Waals surface area contributed by atoms with E-state index in [1.54, 1.807) is 6.92 Å². The summed E-state index contributed by atoms with van der Waals surface area (Å²) in [6.45, 7) is 5.15. The van der Waals surface area contributed by atoms with Crippen LogP contribution >= 0.6 is 0 Å². The average molecular weight is 268 g/mol. The molecule has 0 spiro atoms. The van der Waals surface area contributed by atoms with E-state index in [1.165, 1.54) is 13.0 Å². The Morgan fingerprint density at radius 1 is 1.37 bits per heavy atom. The molecule has 0 aliphatic heterocycles. The van der Waals surface area contributed by atoms with Gasteiger partial charge in [-0.15, -0.1) is 0 Å². The lowest BCUT2D eigenvalue weighted by Crippen LogP contribution is -2.17. The summed E-state index contributed by atoms with van der Waals surface area (Å²) in [5.41, 5.74) is 5.02. The number of nitrogens with one attached hydrogen (secondary N) is 1. The fourth-order valence-electron chi connectivity index (χ4n) is 1.62. The number of hydrogen-bond acceptors (Lipinski definition) is 6. The van der Waals surface area contributed by atoms with Crippen LogP contribution in [-0.2, 0) is 0 Å². The Labute approximate surface area is 109 Å². The van der Waals surface area contributed by atoms with E-state index in [4.69, 9.17) is 5.73 Å². The van der Waals surface area contributed by atoms with E-state index in [1.807, 2.05) is 6.92 Å². The molecule has 8 heteroatoms. The lowest BCUT2D eigenvalue weighted by Gasteiger charge is -2.15. The highest BCUT2D eigenvalue weighted by atomic mass is 16.6. The van der Waals surface area contributed by atoms with Crippen LogP contribution < -0.4 is 11.1 Å². The number of hydrogen-bond donors (Lipinski definition) is 2. The number of nitro benzene ring substituents is 2. The zero-order valence-electron chi connectivity index (χ0n) is 11.0. The third-order valence-electron chi connectivity index (χ3n) is 2.91. The van der Waals surface area contributed by atoms with Gasteiger partial charge in [0.25, 0.3) is 5.69 Å². The van der Waals surface area contributed by atoms with Crippen LogP contribution in [0, 0.1) is 27.2 Å². The summed E-state index contributed by atoms with van der Waals surface area (Å²) >= 11 is 0. The highest BCUT2D eigenvalue weighted by Crippen LogP contribution is 2.41. The first kappa shape index (κ1) is 14.7. The van der Waals surface area contributed by atoms with Gasteiger partial charge in [0.05, 0.1) is 9.85 Å². The van der Waals surface area contributed by atoms with Gasteiger partial charge in [0.1, 0.15) is 5.69 Å². The summed E-state index contributed by atoms with van der Waals surface area (Å²) in [5.74, 6) is 0. The van der Waals surface area contributed by atoms with Crippen molar-refractivity contribution in [1.29, 1.82) is 0 Å². The number of nitrogens with two attached hydrogens (primary N) is 1. The summed E-state index contributed by atoms with van der Waals surface area (Å²) < 4.78 is 0. The molecule has 0 saturated carbocycles. The fraction of sp³-hybridized carbons (Fsp3) is 0.455. The van der Waals surface area contributed by atoms with Gasteiger partial charge in [-0.1, -0.05) is 6.92 Å². The van der Waals surface area contributed by atoms with E-state index < -0.39 is 15.5 Å². The molecule has 0 saturated heterocycles. The third-order valence-corrected chi connectivity index (χ3v) is 2.91. The second-order valence-electron chi connectivity index (χ2n) is 4.32. The molecule has 0 fully saturated rings. The molecule has 3 N–H and O–H groups in total. The highest BCUT2D eigenvalue weighted by molar-refractivity contribution is 5.84. The topological polar surface area (TPSA) is 124 Å². The van der Waals surface area contributed by atoms with E-state index in [9.17, 15) is 20.2 Å². The quantitative estimate of drug-likeness (QED) is 0.480. The Balaban J connectivity index is 3.56. The summed E-state index contributed by atoms with van der Waals surface area (Å²) in [4.78, 5) is 20.8. The van der Waals surface area contributed by atoms with Crippen molar-refractivity contribution in [3.63, 3.8) is 0 Å². The lowest BCUT2D eigenvalue weighted by molar-refractivity contribution is -0.391. The molecule has 0 radical (unpaired) electrons. The first-order valence-corrected chi connectivity index (χ1v) is 5.77. The van der Waals surface area contributed by atoms with Crippen molar-refractivity contribution in [2.75, 3.05) is 11.1 Å². The van der Waals surface area contributed by atoms with Gasteiger partial charge in [-0.3, -0.25) is 20.2 Å². The Morgan fingerprint density at radius 3 is 2.37 bits per heavy atom. The number of anilines is 2. The predicted octanol–water partition coefficient (Wildman–Crippen LogP) is 2.60. The van der Waals surface area contributed by atoms with Crippen molar-refractivity contribution in [3.8, 4) is 0 Å². The third kappa shape index (κ3) is 2.90. The summed E-state index contributed by atoms with van der Waals surface area (Å²) in [5, 5.41) is 24.9. The number of benzene rings is 1. The van der Waals surface area contributed by atoms with Crippen molar-refractivity contribution in [1.82, 2.24) is 0 Å². The van der Waals surface area contributed by atoms with Gasteiger partial charge < -0.3 is 11.1 Å². The Bertz CT molecular complexity index is 530. The van der Waals surface area contributed by atoms with Crippen LogP contribution in [0.4, 0.5) is 22.7 Å². The summed E-state index contributed by atoms with van der Waals surface area (Å²) in [6, 6.07) is 1.10. The number of aryl methyl sites for hydroxylation is 1. The van der Waals surface area contributed by atoms with E-state index in [0.29, 0.717) is 12.0 Å². The predicted molar refractivity (Wildman–Crippen MR) is 72.3 cm³/mol. The van der Waals surface area contributed by atoms with Crippen molar-refractivity contribution >= 4 is 22.7 Å². The molecule has 0 bridgehead atoms. The second-order valence-corrected chi connectivity index (χ2v) is 4.32. The van der Waals surface area contributed by atoms with Crippen LogP contribution in [0.2, 0.25) is 0 Å². The summed E-state index contributed by atoms with van der Waals surface area (Å²) in [7, 11) is 0. The molecule has 1 unspecified atom stereocenters. The van der Waals surface area contributed by atoms with Gasteiger partial charge in [-0.25, -0.2) is 0 Å². The van der Waals surface area contributed by atoms with E-state index in [2.05, 4.69) is 5.32 Å². The van der Waals surface area contributed by atoms with Crippen LogP contribution in [0.25, 0.3) is 0 Å². The van der Waals surface area contributed by atoms with E-state index in [0.717, 1.165) is 0 Å². The van der Waals surface area contributed by atoms with Crippen LogP contribution in [0.1, 0.15) is 25.8 Å². The zero-order chi connectivity index (χ0) is 14.7. The smallest absolute Gasteiger partial charge is 0.322 e. The van der Waals surface area contributed by atoms with E-state index in [-0.39, 0.29) is 23.1 Å². The summed E-state index contributed by atoms with van der Waals surface area (Å²) in [6.07, 6.45) is 0.669. The van der Waals surface area contributed by atoms with Gasteiger partial charge in [0.2, 0.25) is 0 Å². The average Bonchev–Trinajstić information content (AvgIpc) is 2.32. The van der Waals surface area contributed by atoms with Crippen molar-refractivity contribution in [2.45, 2.75) is 33.2 Å². The molecular formula is C11H16N4O4. The SMILES string of the molecule is CCC(C)Nc1c([N+](=O)[O-])cc(C)c(N)c1[N+](=O)[O-]. The molecule has 0 aliphatic rings.